The average Bonchev–Trinajstić information content (AvgIpc) is 3.12. The molecule has 23 heavy (non-hydrogen) atoms. The Morgan fingerprint density at radius 3 is 2.74 bits per heavy atom. The highest BCUT2D eigenvalue weighted by atomic mass is 16.2. The van der Waals surface area contributed by atoms with Crippen LogP contribution in [0.2, 0.25) is 0 Å². The van der Waals surface area contributed by atoms with Crippen LogP contribution in [0.5, 0.6) is 0 Å². The van der Waals surface area contributed by atoms with Gasteiger partial charge >= 0.3 is 0 Å². The van der Waals surface area contributed by atoms with Gasteiger partial charge in [-0.15, -0.1) is 5.10 Å². The molecule has 0 unspecified atom stereocenters. The molecule has 1 amide bonds. The third kappa shape index (κ3) is 2.54. The van der Waals surface area contributed by atoms with Gasteiger partial charge in [0.25, 0.3) is 0 Å². The average molecular weight is 309 g/mol. The predicted octanol–water partition coefficient (Wildman–Crippen LogP) is 1.81. The van der Waals surface area contributed by atoms with E-state index in [1.165, 1.54) is 0 Å². The van der Waals surface area contributed by atoms with Gasteiger partial charge < -0.3 is 4.90 Å². The number of nitrogens with zero attached hydrogens (tertiary/aromatic N) is 5. The molecule has 2 aliphatic heterocycles. The molecule has 1 spiro atoms. The fourth-order valence-corrected chi connectivity index (χ4v) is 3.58. The molecule has 0 aliphatic carbocycles. The summed E-state index contributed by atoms with van der Waals surface area (Å²) in [7, 11) is 0. The molecule has 2 aromatic heterocycles. The number of aromatic nitrogens is 3. The molecule has 6 heteroatoms. The van der Waals surface area contributed by atoms with Crippen molar-refractivity contribution in [3.63, 3.8) is 0 Å². The van der Waals surface area contributed by atoms with E-state index in [9.17, 15) is 4.79 Å². The summed E-state index contributed by atoms with van der Waals surface area (Å²) in [4.78, 5) is 20.8. The van der Waals surface area contributed by atoms with E-state index in [-0.39, 0.29) is 11.3 Å². The second kappa shape index (κ2) is 5.30. The lowest BCUT2D eigenvalue weighted by Gasteiger charge is -2.24. The highest BCUT2D eigenvalue weighted by molar-refractivity contribution is 5.95. The topological polar surface area (TPSA) is 62.2 Å². The molecule has 4 rings (SSSR count). The Hall–Kier alpha value is -2.50. The molecule has 2 aliphatic rings. The van der Waals surface area contributed by atoms with Crippen LogP contribution in [-0.4, -0.2) is 40.7 Å². The van der Waals surface area contributed by atoms with Gasteiger partial charge in [-0.25, -0.2) is 4.98 Å². The Labute approximate surface area is 135 Å². The number of hydrogen-bond acceptors (Lipinski definition) is 5. The molecule has 6 nitrogen and oxygen atoms in total. The number of rotatable bonds is 2. The van der Waals surface area contributed by atoms with Gasteiger partial charge in [0.2, 0.25) is 5.91 Å². The summed E-state index contributed by atoms with van der Waals surface area (Å²) in [5.41, 5.74) is 0.918. The zero-order valence-electron chi connectivity index (χ0n) is 13.1. The molecular formula is C17H19N5O. The number of anilines is 2. The molecule has 0 saturated carbocycles. The first-order valence-corrected chi connectivity index (χ1v) is 7.92. The normalized spacial score (nSPS) is 24.0. The van der Waals surface area contributed by atoms with Crippen LogP contribution in [0.3, 0.4) is 0 Å². The number of carbonyl (C=O) groups is 1. The zero-order valence-corrected chi connectivity index (χ0v) is 13.1. The Balaban J connectivity index is 1.52. The monoisotopic (exact) mass is 309 g/mol. The quantitative estimate of drug-likeness (QED) is 0.846. The maximum atomic E-state index is 12.5. The van der Waals surface area contributed by atoms with Crippen molar-refractivity contribution in [3.8, 4) is 0 Å². The van der Waals surface area contributed by atoms with Crippen molar-refractivity contribution < 1.29 is 4.79 Å². The third-order valence-corrected chi connectivity index (χ3v) is 4.79. The standard InChI is InChI=1S/C17H19N5O/c1-13-5-6-15(20-19-13)21-9-7-17(11-21)10-16(23)22(12-17)14-4-2-3-8-18-14/h2-6,8H,7,9-12H2,1H3/t17-/m1/s1. The Morgan fingerprint density at radius 1 is 1.09 bits per heavy atom. The molecule has 2 aromatic rings. The number of aryl methyl sites for hydroxylation is 1. The SMILES string of the molecule is Cc1ccc(N2CC[C@@]3(CC(=O)N(c4ccccn4)C3)C2)nn1. The molecule has 0 aromatic carbocycles. The first kappa shape index (κ1) is 14.1. The van der Waals surface area contributed by atoms with E-state index < -0.39 is 0 Å². The number of amides is 1. The van der Waals surface area contributed by atoms with Crippen LogP contribution in [0, 0.1) is 12.3 Å². The number of hydrogen-bond donors (Lipinski definition) is 0. The maximum Gasteiger partial charge on any atom is 0.228 e. The van der Waals surface area contributed by atoms with Gasteiger partial charge in [-0.1, -0.05) is 6.07 Å². The Bertz CT molecular complexity index is 718. The smallest absolute Gasteiger partial charge is 0.228 e. The van der Waals surface area contributed by atoms with Crippen LogP contribution in [0.25, 0.3) is 0 Å². The van der Waals surface area contributed by atoms with Gasteiger partial charge in [0.1, 0.15) is 5.82 Å². The largest absolute Gasteiger partial charge is 0.354 e. The van der Waals surface area contributed by atoms with Gasteiger partial charge in [0, 0.05) is 37.7 Å². The van der Waals surface area contributed by atoms with E-state index in [0.717, 1.165) is 43.4 Å². The molecule has 4 heterocycles. The molecule has 1 atom stereocenters. The Morgan fingerprint density at radius 2 is 2.00 bits per heavy atom. The minimum atomic E-state index is 0.00116. The fraction of sp³-hybridized carbons (Fsp3) is 0.412. The summed E-state index contributed by atoms with van der Waals surface area (Å²) in [6.45, 7) is 4.43. The first-order chi connectivity index (χ1) is 11.2. The van der Waals surface area contributed by atoms with Crippen molar-refractivity contribution in [1.29, 1.82) is 0 Å². The molecule has 2 saturated heterocycles. The minimum absolute atomic E-state index is 0.00116. The highest BCUT2D eigenvalue weighted by Gasteiger charge is 2.48. The molecule has 0 N–H and O–H groups in total. The van der Waals surface area contributed by atoms with Crippen LogP contribution >= 0.6 is 0 Å². The van der Waals surface area contributed by atoms with Gasteiger partial charge in [0.05, 0.1) is 5.69 Å². The van der Waals surface area contributed by atoms with Gasteiger partial charge in [-0.05, 0) is 37.6 Å². The lowest BCUT2D eigenvalue weighted by atomic mass is 9.86. The summed E-state index contributed by atoms with van der Waals surface area (Å²) in [6, 6.07) is 9.67. The lowest BCUT2D eigenvalue weighted by Crippen LogP contribution is -2.32. The molecule has 0 radical (unpaired) electrons. The predicted molar refractivity (Wildman–Crippen MR) is 87.2 cm³/mol. The number of carbonyl (C=O) groups excluding carboxylic acids is 1. The summed E-state index contributed by atoms with van der Waals surface area (Å²) in [5, 5.41) is 8.41. The Kier molecular flexibility index (Phi) is 3.25. The van der Waals surface area contributed by atoms with Crippen molar-refractivity contribution in [2.45, 2.75) is 19.8 Å². The first-order valence-electron chi connectivity index (χ1n) is 7.92. The van der Waals surface area contributed by atoms with Crippen molar-refractivity contribution in [2.75, 3.05) is 29.4 Å². The van der Waals surface area contributed by atoms with Crippen LogP contribution in [0.4, 0.5) is 11.6 Å². The second-order valence-corrected chi connectivity index (χ2v) is 6.55. The maximum absolute atomic E-state index is 12.5. The van der Waals surface area contributed by atoms with Crippen molar-refractivity contribution in [1.82, 2.24) is 15.2 Å². The van der Waals surface area contributed by atoms with Crippen molar-refractivity contribution in [3.05, 3.63) is 42.2 Å². The summed E-state index contributed by atoms with van der Waals surface area (Å²) in [6.07, 6.45) is 3.31. The van der Waals surface area contributed by atoms with Crippen molar-refractivity contribution in [2.24, 2.45) is 5.41 Å². The fourth-order valence-electron chi connectivity index (χ4n) is 3.58. The van der Waals surface area contributed by atoms with E-state index in [0.29, 0.717) is 6.42 Å². The van der Waals surface area contributed by atoms with Crippen LogP contribution in [-0.2, 0) is 4.79 Å². The van der Waals surface area contributed by atoms with Gasteiger partial charge in [0.15, 0.2) is 5.82 Å². The summed E-state index contributed by atoms with van der Waals surface area (Å²) < 4.78 is 0. The molecule has 0 bridgehead atoms. The van der Waals surface area contributed by atoms with Crippen LogP contribution in [0.1, 0.15) is 18.5 Å². The minimum Gasteiger partial charge on any atom is -0.354 e. The highest BCUT2D eigenvalue weighted by Crippen LogP contribution is 2.42. The van der Waals surface area contributed by atoms with E-state index >= 15 is 0 Å². The number of pyridine rings is 1. The summed E-state index contributed by atoms with van der Waals surface area (Å²) >= 11 is 0. The lowest BCUT2D eigenvalue weighted by molar-refractivity contribution is -0.117. The molecule has 2 fully saturated rings. The van der Waals surface area contributed by atoms with E-state index in [1.807, 2.05) is 42.2 Å². The summed E-state index contributed by atoms with van der Waals surface area (Å²) in [5.74, 6) is 1.82. The molecular weight excluding hydrogens is 290 g/mol. The van der Waals surface area contributed by atoms with Crippen LogP contribution < -0.4 is 9.80 Å². The van der Waals surface area contributed by atoms with E-state index in [2.05, 4.69) is 20.1 Å². The second-order valence-electron chi connectivity index (χ2n) is 6.55. The van der Waals surface area contributed by atoms with Crippen LogP contribution in [0.15, 0.2) is 36.5 Å². The van der Waals surface area contributed by atoms with Crippen molar-refractivity contribution >= 4 is 17.5 Å². The van der Waals surface area contributed by atoms with E-state index in [4.69, 9.17) is 0 Å². The van der Waals surface area contributed by atoms with E-state index in [1.54, 1.807) is 6.20 Å². The molecule has 118 valence electrons. The van der Waals surface area contributed by atoms with Gasteiger partial charge in [-0.2, -0.15) is 5.10 Å². The zero-order chi connectivity index (χ0) is 15.9. The van der Waals surface area contributed by atoms with Gasteiger partial charge in [-0.3, -0.25) is 9.69 Å². The third-order valence-electron chi connectivity index (χ3n) is 4.79.